The Morgan fingerprint density at radius 2 is 1.28 bits per heavy atom. The number of hydrogen-bond acceptors (Lipinski definition) is 3. The van der Waals surface area contributed by atoms with Crippen molar-refractivity contribution in [1.29, 1.82) is 0 Å². The number of rotatable bonds is 4. The SMILES string of the molecule is O=Cc1cc(C=O)c(-c2ccccc2)c(C=O)c1. The monoisotopic (exact) mass is 238 g/mol. The minimum atomic E-state index is 0.318. The highest BCUT2D eigenvalue weighted by Gasteiger charge is 2.11. The highest BCUT2D eigenvalue weighted by Crippen LogP contribution is 2.27. The van der Waals surface area contributed by atoms with Crippen molar-refractivity contribution in [2.75, 3.05) is 0 Å². The van der Waals surface area contributed by atoms with E-state index in [0.29, 0.717) is 41.1 Å². The Hall–Kier alpha value is -2.55. The van der Waals surface area contributed by atoms with E-state index >= 15 is 0 Å². The van der Waals surface area contributed by atoms with Crippen LogP contribution in [0.5, 0.6) is 0 Å². The standard InChI is InChI=1S/C15H10O3/c16-8-11-6-13(9-17)15(14(7-11)10-18)12-4-2-1-3-5-12/h1-10H. The molecule has 0 fully saturated rings. The zero-order valence-corrected chi connectivity index (χ0v) is 9.50. The first-order valence-corrected chi connectivity index (χ1v) is 5.39. The first kappa shape index (κ1) is 11.9. The third-order valence-electron chi connectivity index (χ3n) is 2.67. The Labute approximate surface area is 104 Å². The fourth-order valence-corrected chi connectivity index (χ4v) is 1.90. The van der Waals surface area contributed by atoms with Crippen LogP contribution in [0, 0.1) is 0 Å². The minimum Gasteiger partial charge on any atom is -0.298 e. The number of benzene rings is 2. The van der Waals surface area contributed by atoms with Crippen molar-refractivity contribution < 1.29 is 14.4 Å². The van der Waals surface area contributed by atoms with Crippen LogP contribution in [0.25, 0.3) is 11.1 Å². The summed E-state index contributed by atoms with van der Waals surface area (Å²) in [5.41, 5.74) is 2.34. The number of hydrogen-bond donors (Lipinski definition) is 0. The lowest BCUT2D eigenvalue weighted by atomic mass is 9.93. The maximum atomic E-state index is 11.1. The molecule has 0 bridgehead atoms. The molecule has 18 heavy (non-hydrogen) atoms. The summed E-state index contributed by atoms with van der Waals surface area (Å²) in [6.07, 6.45) is 1.93. The summed E-state index contributed by atoms with van der Waals surface area (Å²) in [5.74, 6) is 0. The topological polar surface area (TPSA) is 51.2 Å². The lowest BCUT2D eigenvalue weighted by Crippen LogP contribution is -1.97. The molecule has 2 rings (SSSR count). The molecule has 0 aromatic heterocycles. The molecule has 0 aliphatic rings. The van der Waals surface area contributed by atoms with Crippen LogP contribution in [0.15, 0.2) is 42.5 Å². The lowest BCUT2D eigenvalue weighted by Gasteiger charge is -2.09. The highest BCUT2D eigenvalue weighted by atomic mass is 16.1. The molecular weight excluding hydrogens is 228 g/mol. The lowest BCUT2D eigenvalue weighted by molar-refractivity contribution is 0.112. The maximum Gasteiger partial charge on any atom is 0.150 e. The van der Waals surface area contributed by atoms with Crippen molar-refractivity contribution in [2.45, 2.75) is 0 Å². The molecule has 0 radical (unpaired) electrons. The molecule has 0 saturated carbocycles. The van der Waals surface area contributed by atoms with Gasteiger partial charge in [-0.2, -0.15) is 0 Å². The second-order valence-electron chi connectivity index (χ2n) is 3.79. The van der Waals surface area contributed by atoms with Gasteiger partial charge in [-0.15, -0.1) is 0 Å². The second-order valence-corrected chi connectivity index (χ2v) is 3.79. The van der Waals surface area contributed by atoms with E-state index in [1.807, 2.05) is 30.3 Å². The molecule has 0 spiro atoms. The summed E-state index contributed by atoms with van der Waals surface area (Å²) >= 11 is 0. The van der Waals surface area contributed by atoms with Gasteiger partial charge >= 0.3 is 0 Å². The molecule has 2 aromatic carbocycles. The second kappa shape index (κ2) is 5.19. The molecule has 88 valence electrons. The van der Waals surface area contributed by atoms with Gasteiger partial charge in [-0.05, 0) is 17.7 Å². The van der Waals surface area contributed by atoms with Crippen LogP contribution in [0.4, 0.5) is 0 Å². The van der Waals surface area contributed by atoms with Gasteiger partial charge in [0, 0.05) is 22.3 Å². The molecule has 0 N–H and O–H groups in total. The Morgan fingerprint density at radius 3 is 1.72 bits per heavy atom. The number of carbonyl (C=O) groups excluding carboxylic acids is 3. The summed E-state index contributed by atoms with van der Waals surface area (Å²) in [5, 5.41) is 0. The van der Waals surface area contributed by atoms with Crippen LogP contribution in [0.2, 0.25) is 0 Å². The average molecular weight is 238 g/mol. The molecule has 3 nitrogen and oxygen atoms in total. The molecule has 0 aliphatic carbocycles. The van der Waals surface area contributed by atoms with Crippen molar-refractivity contribution in [3.8, 4) is 11.1 Å². The van der Waals surface area contributed by atoms with Gasteiger partial charge in [0.1, 0.15) is 6.29 Å². The van der Waals surface area contributed by atoms with E-state index in [4.69, 9.17) is 0 Å². The third kappa shape index (κ3) is 2.11. The van der Waals surface area contributed by atoms with Crippen LogP contribution in [-0.2, 0) is 0 Å². The largest absolute Gasteiger partial charge is 0.298 e. The molecule has 0 aliphatic heterocycles. The van der Waals surface area contributed by atoms with Crippen molar-refractivity contribution in [3.05, 3.63) is 59.2 Å². The van der Waals surface area contributed by atoms with Gasteiger partial charge in [0.15, 0.2) is 12.6 Å². The van der Waals surface area contributed by atoms with Crippen LogP contribution in [0.3, 0.4) is 0 Å². The normalized spacial score (nSPS) is 9.78. The first-order chi connectivity index (χ1) is 8.80. The van der Waals surface area contributed by atoms with E-state index in [2.05, 4.69) is 0 Å². The summed E-state index contributed by atoms with van der Waals surface area (Å²) < 4.78 is 0. The average Bonchev–Trinajstić information content (AvgIpc) is 2.46. The molecular formula is C15H10O3. The molecule has 2 aromatic rings. The first-order valence-electron chi connectivity index (χ1n) is 5.39. The van der Waals surface area contributed by atoms with E-state index in [9.17, 15) is 14.4 Å². The number of aldehydes is 3. The summed E-state index contributed by atoms with van der Waals surface area (Å²) in [6.45, 7) is 0. The Bertz CT molecular complexity index is 571. The fraction of sp³-hybridized carbons (Fsp3) is 0. The predicted molar refractivity (Wildman–Crippen MR) is 68.0 cm³/mol. The van der Waals surface area contributed by atoms with Crippen molar-refractivity contribution in [2.24, 2.45) is 0 Å². The Kier molecular flexibility index (Phi) is 3.44. The maximum absolute atomic E-state index is 11.1. The smallest absolute Gasteiger partial charge is 0.150 e. The quantitative estimate of drug-likeness (QED) is 0.769. The highest BCUT2D eigenvalue weighted by molar-refractivity contribution is 5.99. The Morgan fingerprint density at radius 1 is 0.722 bits per heavy atom. The van der Waals surface area contributed by atoms with Gasteiger partial charge in [-0.1, -0.05) is 30.3 Å². The van der Waals surface area contributed by atoms with Gasteiger partial charge in [-0.3, -0.25) is 14.4 Å². The molecule has 0 saturated heterocycles. The van der Waals surface area contributed by atoms with Crippen LogP contribution < -0.4 is 0 Å². The zero-order chi connectivity index (χ0) is 13.0. The van der Waals surface area contributed by atoms with Crippen molar-refractivity contribution >= 4 is 18.9 Å². The molecule has 0 atom stereocenters. The number of carbonyl (C=O) groups is 3. The van der Waals surface area contributed by atoms with Gasteiger partial charge in [0.2, 0.25) is 0 Å². The van der Waals surface area contributed by atoms with Crippen LogP contribution in [-0.4, -0.2) is 18.9 Å². The van der Waals surface area contributed by atoms with Gasteiger partial charge < -0.3 is 0 Å². The van der Waals surface area contributed by atoms with Gasteiger partial charge in [-0.25, -0.2) is 0 Å². The van der Waals surface area contributed by atoms with Crippen LogP contribution >= 0.6 is 0 Å². The van der Waals surface area contributed by atoms with Crippen molar-refractivity contribution in [1.82, 2.24) is 0 Å². The van der Waals surface area contributed by atoms with Gasteiger partial charge in [0.05, 0.1) is 0 Å². The van der Waals surface area contributed by atoms with Gasteiger partial charge in [0.25, 0.3) is 0 Å². The minimum absolute atomic E-state index is 0.318. The van der Waals surface area contributed by atoms with E-state index < -0.39 is 0 Å². The summed E-state index contributed by atoms with van der Waals surface area (Å²) in [7, 11) is 0. The van der Waals surface area contributed by atoms with E-state index in [1.54, 1.807) is 0 Å². The Balaban J connectivity index is 2.76. The zero-order valence-electron chi connectivity index (χ0n) is 9.50. The van der Waals surface area contributed by atoms with Crippen LogP contribution in [0.1, 0.15) is 31.1 Å². The fourth-order valence-electron chi connectivity index (χ4n) is 1.90. The van der Waals surface area contributed by atoms with E-state index in [0.717, 1.165) is 5.56 Å². The molecule has 0 amide bonds. The summed E-state index contributed by atoms with van der Waals surface area (Å²) in [4.78, 5) is 33.0. The molecule has 0 heterocycles. The van der Waals surface area contributed by atoms with Crippen molar-refractivity contribution in [3.63, 3.8) is 0 Å². The predicted octanol–water partition coefficient (Wildman–Crippen LogP) is 2.79. The van der Waals surface area contributed by atoms with E-state index in [1.165, 1.54) is 12.1 Å². The third-order valence-corrected chi connectivity index (χ3v) is 2.67. The summed E-state index contributed by atoms with van der Waals surface area (Å²) in [6, 6.07) is 12.1. The molecule has 0 unspecified atom stereocenters. The molecule has 3 heteroatoms. The van der Waals surface area contributed by atoms with E-state index in [-0.39, 0.29) is 0 Å².